The third kappa shape index (κ3) is 5.44. The van der Waals surface area contributed by atoms with Crippen molar-refractivity contribution in [3.8, 4) is 5.75 Å². The highest BCUT2D eigenvalue weighted by molar-refractivity contribution is 6.29. The van der Waals surface area contributed by atoms with E-state index in [0.29, 0.717) is 23.0 Å². The number of benzene rings is 1. The minimum Gasteiger partial charge on any atom is -0.492 e. The zero-order chi connectivity index (χ0) is 22.3. The van der Waals surface area contributed by atoms with Crippen molar-refractivity contribution < 1.29 is 4.74 Å². The molecule has 0 bridgehead atoms. The number of hydrogen-bond acceptors (Lipinski definition) is 6. The Kier molecular flexibility index (Phi) is 7.35. The van der Waals surface area contributed by atoms with Crippen molar-refractivity contribution in [1.82, 2.24) is 14.9 Å². The number of allylic oxidation sites excluding steroid dienone is 1. The largest absolute Gasteiger partial charge is 0.492 e. The van der Waals surface area contributed by atoms with Gasteiger partial charge in [0.1, 0.15) is 17.5 Å². The maximum atomic E-state index is 6.55. The second kappa shape index (κ2) is 10.6. The zero-order valence-electron chi connectivity index (χ0n) is 18.3. The summed E-state index contributed by atoms with van der Waals surface area (Å²) < 4.78 is 5.94. The lowest BCUT2D eigenvalue weighted by Gasteiger charge is -2.26. The number of pyridine rings is 2. The van der Waals surface area contributed by atoms with E-state index in [9.17, 15) is 0 Å². The zero-order valence-corrected chi connectivity index (χ0v) is 19.1. The van der Waals surface area contributed by atoms with E-state index in [1.54, 1.807) is 25.5 Å². The maximum Gasteiger partial charge on any atom is 0.129 e. The van der Waals surface area contributed by atoms with Gasteiger partial charge in [-0.2, -0.15) is 0 Å². The summed E-state index contributed by atoms with van der Waals surface area (Å²) in [6.07, 6.45) is 7.45. The fourth-order valence-electron chi connectivity index (χ4n) is 3.92. The van der Waals surface area contributed by atoms with Crippen LogP contribution in [0.15, 0.2) is 53.7 Å². The van der Waals surface area contributed by atoms with Gasteiger partial charge >= 0.3 is 0 Å². The van der Waals surface area contributed by atoms with Crippen molar-refractivity contribution in [1.29, 1.82) is 0 Å². The SMILES string of the molecule is CN=CC(=C(N)c1ccc(OCCN2CCCCC2)cc1)c1cnc2ccc(Cl)nc2c1. The predicted octanol–water partition coefficient (Wildman–Crippen LogP) is 4.68. The van der Waals surface area contributed by atoms with E-state index < -0.39 is 0 Å². The van der Waals surface area contributed by atoms with Gasteiger partial charge in [-0.3, -0.25) is 14.9 Å². The first-order valence-electron chi connectivity index (χ1n) is 10.9. The second-order valence-corrected chi connectivity index (χ2v) is 8.27. The van der Waals surface area contributed by atoms with Gasteiger partial charge in [-0.05, 0) is 74.0 Å². The lowest BCUT2D eigenvalue weighted by molar-refractivity contribution is 0.183. The smallest absolute Gasteiger partial charge is 0.129 e. The number of aliphatic imine (C=N–C) groups is 1. The number of hydrogen-bond donors (Lipinski definition) is 1. The van der Waals surface area contributed by atoms with Crippen molar-refractivity contribution in [3.05, 3.63) is 64.9 Å². The molecule has 166 valence electrons. The molecule has 2 aromatic heterocycles. The highest BCUT2D eigenvalue weighted by Crippen LogP contribution is 2.25. The molecule has 3 heterocycles. The first-order valence-corrected chi connectivity index (χ1v) is 11.3. The summed E-state index contributed by atoms with van der Waals surface area (Å²) in [5, 5.41) is 0.426. The van der Waals surface area contributed by atoms with Crippen LogP contribution >= 0.6 is 11.6 Å². The first-order chi connectivity index (χ1) is 15.6. The Bertz CT molecular complexity index is 1120. The number of fused-ring (bicyclic) bond motifs is 1. The molecule has 0 aliphatic carbocycles. The number of aromatic nitrogens is 2. The number of piperidine rings is 1. The number of nitrogens with zero attached hydrogens (tertiary/aromatic N) is 4. The molecule has 0 amide bonds. The average Bonchev–Trinajstić information content (AvgIpc) is 2.83. The average molecular weight is 450 g/mol. The molecular formula is C25H28ClN5O. The Morgan fingerprint density at radius 1 is 1.09 bits per heavy atom. The molecule has 0 unspecified atom stereocenters. The van der Waals surface area contributed by atoms with E-state index in [-0.39, 0.29) is 0 Å². The van der Waals surface area contributed by atoms with Crippen LogP contribution in [0.25, 0.3) is 22.3 Å². The molecular weight excluding hydrogens is 422 g/mol. The number of halogens is 1. The summed E-state index contributed by atoms with van der Waals surface area (Å²) in [5.74, 6) is 0.843. The molecule has 6 nitrogen and oxygen atoms in total. The standard InChI is InChI=1S/C25H28ClN5O/c1-28-17-21(19-15-23-22(29-16-19)9-10-24(26)30-23)25(27)18-5-7-20(8-6-18)32-14-13-31-11-3-2-4-12-31/h5-10,15-17H,2-4,11-14,27H2,1H3. The van der Waals surface area contributed by atoms with Gasteiger partial charge in [0.15, 0.2) is 0 Å². The quantitative estimate of drug-likeness (QED) is 0.418. The van der Waals surface area contributed by atoms with Crippen LogP contribution in [-0.2, 0) is 0 Å². The Hall–Kier alpha value is -2.96. The van der Waals surface area contributed by atoms with E-state index in [4.69, 9.17) is 22.1 Å². The summed E-state index contributed by atoms with van der Waals surface area (Å²) in [7, 11) is 1.72. The molecule has 0 saturated carbocycles. The van der Waals surface area contributed by atoms with Crippen molar-refractivity contribution in [2.24, 2.45) is 10.7 Å². The topological polar surface area (TPSA) is 76.6 Å². The second-order valence-electron chi connectivity index (χ2n) is 7.89. The molecule has 0 atom stereocenters. The lowest BCUT2D eigenvalue weighted by Crippen LogP contribution is -2.33. The molecule has 0 radical (unpaired) electrons. The number of likely N-dealkylation sites (tertiary alicyclic amines) is 1. The summed E-state index contributed by atoms with van der Waals surface area (Å²) in [5.41, 5.74) is 11.1. The fraction of sp³-hybridized carbons (Fsp3) is 0.320. The molecule has 2 N–H and O–H groups in total. The fourth-order valence-corrected chi connectivity index (χ4v) is 4.07. The van der Waals surface area contributed by atoms with Crippen molar-refractivity contribution in [3.63, 3.8) is 0 Å². The number of ether oxygens (including phenoxy) is 1. The van der Waals surface area contributed by atoms with Gasteiger partial charge in [0.2, 0.25) is 0 Å². The van der Waals surface area contributed by atoms with Crippen molar-refractivity contribution in [2.45, 2.75) is 19.3 Å². The molecule has 1 saturated heterocycles. The van der Waals surface area contributed by atoms with Crippen LogP contribution in [0.2, 0.25) is 5.15 Å². The maximum absolute atomic E-state index is 6.55. The molecule has 3 aromatic rings. The Labute approximate surface area is 193 Å². The minimum absolute atomic E-state index is 0.426. The molecule has 1 aliphatic rings. The van der Waals surface area contributed by atoms with Gasteiger partial charge in [0.05, 0.1) is 11.0 Å². The van der Waals surface area contributed by atoms with Crippen LogP contribution in [0.1, 0.15) is 30.4 Å². The van der Waals surface area contributed by atoms with E-state index in [2.05, 4.69) is 19.9 Å². The van der Waals surface area contributed by atoms with Gasteiger partial charge in [0, 0.05) is 42.8 Å². The van der Waals surface area contributed by atoms with Crippen LogP contribution in [-0.4, -0.2) is 54.4 Å². The molecule has 32 heavy (non-hydrogen) atoms. The van der Waals surface area contributed by atoms with Gasteiger partial charge in [-0.1, -0.05) is 18.0 Å². The highest BCUT2D eigenvalue weighted by Gasteiger charge is 2.11. The van der Waals surface area contributed by atoms with Crippen LogP contribution in [0, 0.1) is 0 Å². The molecule has 1 aromatic carbocycles. The Morgan fingerprint density at radius 2 is 1.88 bits per heavy atom. The van der Waals surface area contributed by atoms with Gasteiger partial charge in [-0.15, -0.1) is 0 Å². The van der Waals surface area contributed by atoms with Gasteiger partial charge in [0.25, 0.3) is 0 Å². The molecule has 0 spiro atoms. The van der Waals surface area contributed by atoms with Gasteiger partial charge < -0.3 is 10.5 Å². The Balaban J connectivity index is 1.51. The summed E-state index contributed by atoms with van der Waals surface area (Å²) in [6.45, 7) is 4.01. The Morgan fingerprint density at radius 3 is 2.62 bits per heavy atom. The normalized spacial score (nSPS) is 15.8. The predicted molar refractivity (Wildman–Crippen MR) is 132 cm³/mol. The third-order valence-electron chi connectivity index (χ3n) is 5.65. The van der Waals surface area contributed by atoms with Crippen LogP contribution in [0.4, 0.5) is 0 Å². The van der Waals surface area contributed by atoms with Crippen molar-refractivity contribution in [2.75, 3.05) is 33.3 Å². The van der Waals surface area contributed by atoms with Crippen LogP contribution in [0.5, 0.6) is 5.75 Å². The molecule has 1 aliphatic heterocycles. The van der Waals surface area contributed by atoms with E-state index in [1.807, 2.05) is 36.4 Å². The molecule has 4 rings (SSSR count). The lowest BCUT2D eigenvalue weighted by atomic mass is 10.0. The van der Waals surface area contributed by atoms with Crippen molar-refractivity contribution >= 4 is 40.1 Å². The summed E-state index contributed by atoms with van der Waals surface area (Å²) >= 11 is 6.05. The minimum atomic E-state index is 0.426. The number of nitrogens with two attached hydrogens (primary N) is 1. The van der Waals surface area contributed by atoms with E-state index in [0.717, 1.165) is 34.5 Å². The van der Waals surface area contributed by atoms with Gasteiger partial charge in [-0.25, -0.2) is 4.98 Å². The highest BCUT2D eigenvalue weighted by atomic mass is 35.5. The van der Waals surface area contributed by atoms with E-state index in [1.165, 1.54) is 32.4 Å². The van der Waals surface area contributed by atoms with Crippen LogP contribution in [0.3, 0.4) is 0 Å². The first kappa shape index (κ1) is 22.2. The molecule has 1 fully saturated rings. The van der Waals surface area contributed by atoms with Crippen LogP contribution < -0.4 is 10.5 Å². The third-order valence-corrected chi connectivity index (χ3v) is 5.86. The summed E-state index contributed by atoms with van der Waals surface area (Å²) in [6, 6.07) is 13.4. The van der Waals surface area contributed by atoms with E-state index >= 15 is 0 Å². The monoisotopic (exact) mass is 449 g/mol. The summed E-state index contributed by atoms with van der Waals surface area (Å²) in [4.78, 5) is 15.5. The molecule has 7 heteroatoms. The number of rotatable bonds is 7.